The number of anilines is 2. The molecule has 0 spiro atoms. The molecule has 0 bridgehead atoms. The average Bonchev–Trinajstić information content (AvgIpc) is 2.34. The van der Waals surface area contributed by atoms with E-state index in [0.29, 0.717) is 5.15 Å². The van der Waals surface area contributed by atoms with Crippen LogP contribution < -0.4 is 10.2 Å². The molecule has 0 saturated heterocycles. The van der Waals surface area contributed by atoms with Crippen LogP contribution in [0.1, 0.15) is 0 Å². The molecule has 0 aromatic carbocycles. The average molecular weight is 171 g/mol. The van der Waals surface area contributed by atoms with Crippen LogP contribution in [0.15, 0.2) is 6.33 Å². The fraction of sp³-hybridized carbons (Fsp3) is 0.333. The molecule has 4 nitrogen and oxygen atoms in total. The molecular weight excluding hydrogens is 164 g/mol. The van der Waals surface area contributed by atoms with Crippen molar-refractivity contribution in [2.24, 2.45) is 0 Å². The number of nitrogens with one attached hydrogen (secondary N) is 1. The van der Waals surface area contributed by atoms with E-state index in [9.17, 15) is 0 Å². The Hall–Kier alpha value is -1.03. The minimum atomic E-state index is 0.502. The lowest BCUT2D eigenvalue weighted by Gasteiger charge is -2.08. The minimum absolute atomic E-state index is 0.502. The number of nitrogens with zero attached hydrogens (tertiary/aromatic N) is 3. The molecule has 1 aliphatic heterocycles. The predicted octanol–water partition coefficient (Wildman–Crippen LogP) is 0.949. The summed E-state index contributed by atoms with van der Waals surface area (Å²) in [5, 5.41) is 3.58. The molecule has 0 aliphatic carbocycles. The largest absolute Gasteiger partial charge is 0.352 e. The van der Waals surface area contributed by atoms with Crippen molar-refractivity contribution in [3.8, 4) is 0 Å². The van der Waals surface area contributed by atoms with Crippen LogP contribution in [0.5, 0.6) is 0 Å². The number of aromatic nitrogens is 2. The molecule has 0 unspecified atom stereocenters. The lowest BCUT2D eigenvalue weighted by atomic mass is 10.5. The van der Waals surface area contributed by atoms with Gasteiger partial charge in [0, 0.05) is 7.05 Å². The second-order valence-electron chi connectivity index (χ2n) is 2.39. The van der Waals surface area contributed by atoms with Crippen LogP contribution in [0.25, 0.3) is 0 Å². The number of rotatable bonds is 0. The Labute approximate surface area is 69.2 Å². The van der Waals surface area contributed by atoms with E-state index in [2.05, 4.69) is 15.3 Å². The van der Waals surface area contributed by atoms with Crippen LogP contribution in [0.3, 0.4) is 0 Å². The Morgan fingerprint density at radius 1 is 1.64 bits per heavy atom. The van der Waals surface area contributed by atoms with Crippen LogP contribution >= 0.6 is 11.6 Å². The maximum Gasteiger partial charge on any atom is 0.158 e. The molecule has 1 aromatic rings. The first kappa shape index (κ1) is 6.67. The van der Waals surface area contributed by atoms with Gasteiger partial charge in [-0.3, -0.25) is 0 Å². The number of hydrogen-bond donors (Lipinski definition) is 1. The van der Waals surface area contributed by atoms with Crippen LogP contribution in [-0.2, 0) is 0 Å². The molecule has 0 radical (unpaired) electrons. The van der Waals surface area contributed by atoms with E-state index in [-0.39, 0.29) is 0 Å². The monoisotopic (exact) mass is 170 g/mol. The van der Waals surface area contributed by atoms with Gasteiger partial charge in [0.15, 0.2) is 11.0 Å². The summed E-state index contributed by atoms with van der Waals surface area (Å²) >= 11 is 5.83. The van der Waals surface area contributed by atoms with Gasteiger partial charge in [0.05, 0.1) is 6.67 Å². The number of hydrogen-bond acceptors (Lipinski definition) is 4. The molecular formula is C6H7ClN4. The quantitative estimate of drug-likeness (QED) is 0.589. The Morgan fingerprint density at radius 3 is 3.18 bits per heavy atom. The van der Waals surface area contributed by atoms with Gasteiger partial charge in [0.25, 0.3) is 0 Å². The summed E-state index contributed by atoms with van der Waals surface area (Å²) < 4.78 is 0. The zero-order valence-electron chi connectivity index (χ0n) is 6.00. The molecule has 58 valence electrons. The first-order valence-electron chi connectivity index (χ1n) is 3.24. The third kappa shape index (κ3) is 0.903. The maximum absolute atomic E-state index is 5.83. The fourth-order valence-electron chi connectivity index (χ4n) is 1.10. The van der Waals surface area contributed by atoms with Gasteiger partial charge >= 0.3 is 0 Å². The van der Waals surface area contributed by atoms with Gasteiger partial charge in [-0.15, -0.1) is 0 Å². The van der Waals surface area contributed by atoms with Crippen molar-refractivity contribution in [3.63, 3.8) is 0 Å². The lowest BCUT2D eigenvalue weighted by molar-refractivity contribution is 1.03. The number of halogens is 1. The van der Waals surface area contributed by atoms with Crippen LogP contribution in [0.4, 0.5) is 11.5 Å². The molecule has 0 amide bonds. The zero-order valence-corrected chi connectivity index (χ0v) is 6.76. The van der Waals surface area contributed by atoms with Crippen molar-refractivity contribution in [1.29, 1.82) is 0 Å². The minimum Gasteiger partial charge on any atom is -0.352 e. The molecule has 0 atom stereocenters. The standard InChI is InChI=1S/C6H7ClN4/c1-11-3-10-6-4(11)5(7)8-2-9-6/h2H,3H2,1H3,(H,8,9,10). The molecule has 1 aromatic heterocycles. The first-order valence-corrected chi connectivity index (χ1v) is 3.62. The van der Waals surface area contributed by atoms with Gasteiger partial charge in [-0.25, -0.2) is 9.97 Å². The highest BCUT2D eigenvalue weighted by Gasteiger charge is 2.19. The Kier molecular flexibility index (Phi) is 1.35. The summed E-state index contributed by atoms with van der Waals surface area (Å²) in [7, 11) is 1.94. The molecule has 1 aliphatic rings. The van der Waals surface area contributed by atoms with Crippen molar-refractivity contribution in [2.75, 3.05) is 23.9 Å². The van der Waals surface area contributed by atoms with Gasteiger partial charge in [-0.2, -0.15) is 0 Å². The Morgan fingerprint density at radius 2 is 2.45 bits per heavy atom. The lowest BCUT2D eigenvalue weighted by Crippen LogP contribution is -2.16. The highest BCUT2D eigenvalue weighted by molar-refractivity contribution is 6.32. The molecule has 2 heterocycles. The maximum atomic E-state index is 5.83. The van der Waals surface area contributed by atoms with Crippen molar-refractivity contribution in [1.82, 2.24) is 9.97 Å². The summed E-state index contributed by atoms with van der Waals surface area (Å²) in [5.41, 5.74) is 0.883. The second-order valence-corrected chi connectivity index (χ2v) is 2.75. The first-order chi connectivity index (χ1) is 5.29. The predicted molar refractivity (Wildman–Crippen MR) is 43.9 cm³/mol. The summed E-state index contributed by atoms with van der Waals surface area (Å²) in [4.78, 5) is 9.87. The fourth-order valence-corrected chi connectivity index (χ4v) is 1.37. The van der Waals surface area contributed by atoms with Gasteiger partial charge in [-0.05, 0) is 0 Å². The second kappa shape index (κ2) is 2.23. The van der Waals surface area contributed by atoms with Gasteiger partial charge in [-0.1, -0.05) is 11.6 Å². The van der Waals surface area contributed by atoms with Crippen molar-refractivity contribution in [2.45, 2.75) is 0 Å². The summed E-state index contributed by atoms with van der Waals surface area (Å²) in [6, 6.07) is 0. The van der Waals surface area contributed by atoms with Crippen LogP contribution in [0.2, 0.25) is 5.15 Å². The van der Waals surface area contributed by atoms with Crippen molar-refractivity contribution < 1.29 is 0 Å². The molecule has 5 heteroatoms. The summed E-state index contributed by atoms with van der Waals surface area (Å²) in [6.45, 7) is 0.744. The van der Waals surface area contributed by atoms with E-state index in [1.165, 1.54) is 6.33 Å². The van der Waals surface area contributed by atoms with Gasteiger partial charge in [0.2, 0.25) is 0 Å². The molecule has 2 rings (SSSR count). The summed E-state index contributed by atoms with van der Waals surface area (Å²) in [6.07, 6.45) is 1.45. The smallest absolute Gasteiger partial charge is 0.158 e. The zero-order chi connectivity index (χ0) is 7.84. The number of fused-ring (bicyclic) bond motifs is 1. The van der Waals surface area contributed by atoms with Crippen molar-refractivity contribution in [3.05, 3.63) is 11.5 Å². The molecule has 1 N–H and O–H groups in total. The van der Waals surface area contributed by atoms with E-state index in [1.54, 1.807) is 0 Å². The van der Waals surface area contributed by atoms with Gasteiger partial charge in [0.1, 0.15) is 12.0 Å². The third-order valence-corrected chi connectivity index (χ3v) is 1.92. The van der Waals surface area contributed by atoms with E-state index < -0.39 is 0 Å². The van der Waals surface area contributed by atoms with Gasteiger partial charge < -0.3 is 10.2 Å². The molecule has 11 heavy (non-hydrogen) atoms. The molecule has 0 fully saturated rings. The van der Waals surface area contributed by atoms with E-state index in [4.69, 9.17) is 11.6 Å². The van der Waals surface area contributed by atoms with Crippen molar-refractivity contribution >= 4 is 23.1 Å². The highest BCUT2D eigenvalue weighted by Crippen LogP contribution is 2.32. The summed E-state index contributed by atoms with van der Waals surface area (Å²) in [5.74, 6) is 0.813. The SMILES string of the molecule is CN1CNc2ncnc(Cl)c21. The Bertz CT molecular complexity index is 288. The van der Waals surface area contributed by atoms with E-state index >= 15 is 0 Å². The van der Waals surface area contributed by atoms with E-state index in [1.807, 2.05) is 11.9 Å². The molecule has 0 saturated carbocycles. The third-order valence-electron chi connectivity index (χ3n) is 1.64. The van der Waals surface area contributed by atoms with Crippen LogP contribution in [0, 0.1) is 0 Å². The van der Waals surface area contributed by atoms with Crippen LogP contribution in [-0.4, -0.2) is 23.7 Å². The normalized spacial score (nSPS) is 14.5. The van der Waals surface area contributed by atoms with E-state index in [0.717, 1.165) is 18.2 Å². The Balaban J connectivity index is 2.58. The highest BCUT2D eigenvalue weighted by atomic mass is 35.5. The topological polar surface area (TPSA) is 41.0 Å².